The van der Waals surface area contributed by atoms with Crippen molar-refractivity contribution in [3.63, 3.8) is 0 Å². The van der Waals surface area contributed by atoms with Crippen molar-refractivity contribution in [2.75, 3.05) is 6.54 Å². The highest BCUT2D eigenvalue weighted by atomic mass is 16.4. The van der Waals surface area contributed by atoms with Crippen LogP contribution in [0.2, 0.25) is 0 Å². The summed E-state index contributed by atoms with van der Waals surface area (Å²) in [7, 11) is 0. The van der Waals surface area contributed by atoms with E-state index in [9.17, 15) is 14.4 Å². The molecule has 0 saturated carbocycles. The van der Waals surface area contributed by atoms with Gasteiger partial charge in [0.25, 0.3) is 5.91 Å². The highest BCUT2D eigenvalue weighted by Gasteiger charge is 2.23. The first kappa shape index (κ1) is 26.7. The molecule has 174 valence electrons. The molecule has 1 aromatic carbocycles. The van der Waals surface area contributed by atoms with E-state index in [1.165, 1.54) is 56.3 Å². The number of carboxylic acids is 1. The maximum absolute atomic E-state index is 12.3. The van der Waals surface area contributed by atoms with Crippen LogP contribution in [0.25, 0.3) is 0 Å². The molecule has 1 aromatic rings. The largest absolute Gasteiger partial charge is 0.474 e. The third kappa shape index (κ3) is 11.0. The fraction of sp³-hybridized carbons (Fsp3) is 0.640. The van der Waals surface area contributed by atoms with Gasteiger partial charge in [0.05, 0.1) is 0 Å². The first-order valence-electron chi connectivity index (χ1n) is 11.8. The quantitative estimate of drug-likeness (QED) is 0.296. The van der Waals surface area contributed by atoms with E-state index >= 15 is 0 Å². The van der Waals surface area contributed by atoms with Crippen molar-refractivity contribution in [3.8, 4) is 0 Å². The summed E-state index contributed by atoms with van der Waals surface area (Å²) in [5.41, 5.74) is 1.35. The first-order valence-corrected chi connectivity index (χ1v) is 11.8. The van der Waals surface area contributed by atoms with Gasteiger partial charge >= 0.3 is 11.9 Å². The van der Waals surface area contributed by atoms with Gasteiger partial charge in [-0.1, -0.05) is 76.8 Å². The fourth-order valence-electron chi connectivity index (χ4n) is 3.49. The normalized spacial score (nSPS) is 10.8. The van der Waals surface area contributed by atoms with Gasteiger partial charge in [-0.05, 0) is 38.0 Å². The smallest absolute Gasteiger partial charge is 0.394 e. The predicted octanol–water partition coefficient (Wildman–Crippen LogP) is 5.16. The summed E-state index contributed by atoms with van der Waals surface area (Å²) >= 11 is 0. The Kier molecular flexibility index (Phi) is 13.3. The Hall–Kier alpha value is -2.37. The lowest BCUT2D eigenvalue weighted by molar-refractivity contribution is -0.157. The van der Waals surface area contributed by atoms with Gasteiger partial charge in [0.15, 0.2) is 0 Å². The van der Waals surface area contributed by atoms with Gasteiger partial charge in [-0.25, -0.2) is 4.79 Å². The van der Waals surface area contributed by atoms with Gasteiger partial charge in [-0.3, -0.25) is 9.59 Å². The number of benzene rings is 1. The van der Waals surface area contributed by atoms with Crippen molar-refractivity contribution >= 4 is 17.8 Å². The highest BCUT2D eigenvalue weighted by molar-refractivity contribution is 6.31. The van der Waals surface area contributed by atoms with E-state index in [1.807, 2.05) is 0 Å². The molecule has 0 spiro atoms. The second-order valence-corrected chi connectivity index (χ2v) is 8.47. The number of hydrogen-bond acceptors (Lipinski definition) is 3. The van der Waals surface area contributed by atoms with Gasteiger partial charge < -0.3 is 15.3 Å². The topological polar surface area (TPSA) is 86.7 Å². The number of nitrogens with zero attached hydrogens (tertiary/aromatic N) is 1. The number of hydrogen-bond donors (Lipinski definition) is 2. The predicted molar refractivity (Wildman–Crippen MR) is 124 cm³/mol. The van der Waals surface area contributed by atoms with E-state index < -0.39 is 11.9 Å². The zero-order valence-corrected chi connectivity index (χ0v) is 19.5. The summed E-state index contributed by atoms with van der Waals surface area (Å²) in [5.74, 6) is -2.49. The molecule has 0 aliphatic heterocycles. The van der Waals surface area contributed by atoms with Crippen LogP contribution in [0.1, 0.15) is 101 Å². The molecule has 0 aliphatic rings. The van der Waals surface area contributed by atoms with Crippen LogP contribution in [0.5, 0.6) is 0 Å². The highest BCUT2D eigenvalue weighted by Crippen LogP contribution is 2.12. The zero-order valence-electron chi connectivity index (χ0n) is 19.5. The van der Waals surface area contributed by atoms with Crippen LogP contribution in [-0.2, 0) is 16.1 Å². The van der Waals surface area contributed by atoms with Gasteiger partial charge in [0.2, 0.25) is 0 Å². The molecule has 6 heteroatoms. The maximum Gasteiger partial charge on any atom is 0.394 e. The van der Waals surface area contributed by atoms with E-state index in [1.54, 1.807) is 38.1 Å². The molecule has 0 radical (unpaired) electrons. The Bertz CT molecular complexity index is 671. The lowest BCUT2D eigenvalue weighted by atomic mass is 10.1. The van der Waals surface area contributed by atoms with Gasteiger partial charge in [-0.2, -0.15) is 0 Å². The second kappa shape index (κ2) is 15.4. The molecule has 0 atom stereocenters. The number of amides is 2. The van der Waals surface area contributed by atoms with Crippen molar-refractivity contribution in [1.29, 1.82) is 0 Å². The minimum atomic E-state index is -1.46. The molecule has 0 saturated heterocycles. The lowest BCUT2D eigenvalue weighted by Crippen LogP contribution is -2.40. The van der Waals surface area contributed by atoms with E-state index in [2.05, 4.69) is 12.2 Å². The summed E-state index contributed by atoms with van der Waals surface area (Å²) in [6.45, 7) is 6.66. The van der Waals surface area contributed by atoms with Crippen LogP contribution >= 0.6 is 0 Å². The van der Waals surface area contributed by atoms with Crippen LogP contribution in [0.15, 0.2) is 24.3 Å². The van der Waals surface area contributed by atoms with Crippen LogP contribution in [-0.4, -0.2) is 40.4 Å². The van der Waals surface area contributed by atoms with Crippen molar-refractivity contribution in [3.05, 3.63) is 35.4 Å². The first-order chi connectivity index (χ1) is 14.9. The van der Waals surface area contributed by atoms with E-state index in [0.717, 1.165) is 18.4 Å². The summed E-state index contributed by atoms with van der Waals surface area (Å²) in [4.78, 5) is 36.4. The molecular weight excluding hydrogens is 392 g/mol. The second-order valence-electron chi connectivity index (χ2n) is 8.47. The molecule has 0 bridgehead atoms. The van der Waals surface area contributed by atoms with Crippen LogP contribution in [0.4, 0.5) is 0 Å². The van der Waals surface area contributed by atoms with Crippen molar-refractivity contribution < 1.29 is 19.5 Å². The number of carboxylic acid groups (broad SMARTS) is 1. The Labute approximate surface area is 187 Å². The number of aliphatic carboxylic acids is 1. The molecule has 0 unspecified atom stereocenters. The zero-order chi connectivity index (χ0) is 23.1. The van der Waals surface area contributed by atoms with Crippen LogP contribution in [0.3, 0.4) is 0 Å². The SMILES string of the molecule is CCCCCCCCCCCCNC(=O)c1ccc(CN(C(=O)C(=O)O)C(C)C)cc1. The Morgan fingerprint density at radius 1 is 0.871 bits per heavy atom. The molecule has 0 heterocycles. The fourth-order valence-corrected chi connectivity index (χ4v) is 3.49. The average molecular weight is 433 g/mol. The van der Waals surface area contributed by atoms with Gasteiger partial charge in [0, 0.05) is 24.7 Å². The number of carbonyl (C=O) groups is 3. The maximum atomic E-state index is 12.3. The van der Waals surface area contributed by atoms with Crippen molar-refractivity contribution in [2.24, 2.45) is 0 Å². The molecule has 2 N–H and O–H groups in total. The molecular formula is C25H40N2O4. The van der Waals surface area contributed by atoms with Crippen LogP contribution < -0.4 is 5.32 Å². The van der Waals surface area contributed by atoms with E-state index in [4.69, 9.17) is 5.11 Å². The monoisotopic (exact) mass is 432 g/mol. The molecule has 0 fully saturated rings. The third-order valence-electron chi connectivity index (χ3n) is 5.45. The molecule has 1 rings (SSSR count). The Morgan fingerprint density at radius 2 is 1.39 bits per heavy atom. The minimum Gasteiger partial charge on any atom is -0.474 e. The molecule has 0 aliphatic carbocycles. The number of nitrogens with one attached hydrogen (secondary N) is 1. The Balaban J connectivity index is 2.28. The van der Waals surface area contributed by atoms with Crippen LogP contribution in [0, 0.1) is 0 Å². The lowest BCUT2D eigenvalue weighted by Gasteiger charge is -2.25. The summed E-state index contributed by atoms with van der Waals surface area (Å²) < 4.78 is 0. The molecule has 2 amide bonds. The average Bonchev–Trinajstić information content (AvgIpc) is 2.75. The van der Waals surface area contributed by atoms with Gasteiger partial charge in [-0.15, -0.1) is 0 Å². The van der Waals surface area contributed by atoms with E-state index in [-0.39, 0.29) is 18.5 Å². The number of carbonyl (C=O) groups excluding carboxylic acids is 2. The number of rotatable bonds is 15. The Morgan fingerprint density at radius 3 is 1.87 bits per heavy atom. The van der Waals surface area contributed by atoms with Gasteiger partial charge in [0.1, 0.15) is 0 Å². The summed E-state index contributed by atoms with van der Waals surface area (Å²) in [6.07, 6.45) is 12.6. The van der Waals surface area contributed by atoms with Crippen molar-refractivity contribution in [2.45, 2.75) is 97.6 Å². The third-order valence-corrected chi connectivity index (χ3v) is 5.45. The summed E-state index contributed by atoms with van der Waals surface area (Å²) in [5, 5.41) is 11.9. The minimum absolute atomic E-state index is 0.107. The molecule has 0 aromatic heterocycles. The number of unbranched alkanes of at least 4 members (excludes halogenated alkanes) is 9. The standard InChI is InChI=1S/C25H40N2O4/c1-4-5-6-7-8-9-10-11-12-13-18-26-23(28)22-16-14-21(15-17-22)19-27(20(2)3)24(29)25(30)31/h14-17,20H,4-13,18-19H2,1-3H3,(H,26,28)(H,30,31). The van der Waals surface area contributed by atoms with E-state index in [0.29, 0.717) is 12.1 Å². The molecule has 31 heavy (non-hydrogen) atoms. The summed E-state index contributed by atoms with van der Waals surface area (Å²) in [6, 6.07) is 6.73. The van der Waals surface area contributed by atoms with Crippen molar-refractivity contribution in [1.82, 2.24) is 10.2 Å². The molecule has 6 nitrogen and oxygen atoms in total.